The summed E-state index contributed by atoms with van der Waals surface area (Å²) in [6.45, 7) is 10.9. The first-order valence-corrected chi connectivity index (χ1v) is 7.39. The van der Waals surface area contributed by atoms with Gasteiger partial charge >= 0.3 is 6.09 Å². The number of hydrogen-bond donors (Lipinski definition) is 2. The third kappa shape index (κ3) is 2.66. The summed E-state index contributed by atoms with van der Waals surface area (Å²) in [4.78, 5) is 12.2. The van der Waals surface area contributed by atoms with Crippen molar-refractivity contribution in [3.05, 3.63) is 0 Å². The average molecular weight is 284 g/mol. The zero-order chi connectivity index (χ0) is 15.2. The van der Waals surface area contributed by atoms with E-state index in [0.717, 1.165) is 19.3 Å². The van der Waals surface area contributed by atoms with Crippen molar-refractivity contribution >= 4 is 6.09 Å². The molecule has 1 aliphatic carbocycles. The fourth-order valence-electron chi connectivity index (χ4n) is 3.52. The molecule has 1 saturated heterocycles. The first kappa shape index (κ1) is 15.6. The molecule has 1 saturated carbocycles. The molecule has 1 heterocycles. The predicted molar refractivity (Wildman–Crippen MR) is 77.5 cm³/mol. The van der Waals surface area contributed by atoms with Gasteiger partial charge in [0.05, 0.1) is 12.1 Å². The molecule has 1 atom stereocenters. The number of ether oxygens (including phenoxy) is 2. The van der Waals surface area contributed by atoms with Gasteiger partial charge in [-0.05, 0) is 53.9 Å². The van der Waals surface area contributed by atoms with Gasteiger partial charge in [0.2, 0.25) is 0 Å². The van der Waals surface area contributed by atoms with Crippen molar-refractivity contribution in [1.82, 2.24) is 5.32 Å². The summed E-state index contributed by atoms with van der Waals surface area (Å²) < 4.78 is 11.0. The van der Waals surface area contributed by atoms with Crippen molar-refractivity contribution < 1.29 is 14.3 Å². The highest BCUT2D eigenvalue weighted by Crippen LogP contribution is 2.62. The van der Waals surface area contributed by atoms with E-state index in [4.69, 9.17) is 15.2 Å². The van der Waals surface area contributed by atoms with Crippen LogP contribution in [0.15, 0.2) is 0 Å². The van der Waals surface area contributed by atoms with Crippen molar-refractivity contribution in [2.75, 3.05) is 13.2 Å². The van der Waals surface area contributed by atoms with Gasteiger partial charge < -0.3 is 20.5 Å². The Hall–Kier alpha value is -0.810. The molecular formula is C15H28N2O3. The Morgan fingerprint density at radius 1 is 1.20 bits per heavy atom. The van der Waals surface area contributed by atoms with Crippen LogP contribution in [0, 0.1) is 5.41 Å². The van der Waals surface area contributed by atoms with Crippen molar-refractivity contribution in [3.8, 4) is 0 Å². The second-order valence-corrected chi connectivity index (χ2v) is 7.82. The van der Waals surface area contributed by atoms with E-state index in [1.54, 1.807) is 0 Å². The van der Waals surface area contributed by atoms with Crippen LogP contribution in [0.3, 0.4) is 0 Å². The largest absolute Gasteiger partial charge is 0.444 e. The molecule has 0 spiro atoms. The lowest BCUT2D eigenvalue weighted by Crippen LogP contribution is -2.64. The van der Waals surface area contributed by atoms with Gasteiger partial charge in [-0.15, -0.1) is 0 Å². The molecule has 2 aliphatic rings. The van der Waals surface area contributed by atoms with E-state index in [9.17, 15) is 4.79 Å². The average Bonchev–Trinajstić information content (AvgIpc) is 2.93. The molecule has 0 aromatic carbocycles. The number of alkyl carbamates (subject to hydrolysis) is 1. The SMILES string of the molecule is CC(C)(C)OC(=O)NC1(C2(C(C)(C)N)CC2)CCOC1. The van der Waals surface area contributed by atoms with Gasteiger partial charge in [-0.25, -0.2) is 4.79 Å². The highest BCUT2D eigenvalue weighted by molar-refractivity contribution is 5.69. The molecule has 5 heteroatoms. The molecule has 1 amide bonds. The Labute approximate surface area is 121 Å². The van der Waals surface area contributed by atoms with Gasteiger partial charge in [0, 0.05) is 17.6 Å². The normalized spacial score (nSPS) is 29.1. The summed E-state index contributed by atoms with van der Waals surface area (Å²) >= 11 is 0. The molecule has 2 rings (SSSR count). The van der Waals surface area contributed by atoms with Gasteiger partial charge in [0.25, 0.3) is 0 Å². The maximum Gasteiger partial charge on any atom is 0.408 e. The van der Waals surface area contributed by atoms with Gasteiger partial charge in [-0.1, -0.05) is 0 Å². The van der Waals surface area contributed by atoms with Gasteiger partial charge in [0.15, 0.2) is 0 Å². The van der Waals surface area contributed by atoms with Crippen LogP contribution in [0.25, 0.3) is 0 Å². The highest BCUT2D eigenvalue weighted by Gasteiger charge is 2.67. The number of nitrogens with one attached hydrogen (secondary N) is 1. The van der Waals surface area contributed by atoms with Crippen molar-refractivity contribution in [2.45, 2.75) is 70.6 Å². The van der Waals surface area contributed by atoms with Crippen LogP contribution in [-0.2, 0) is 9.47 Å². The zero-order valence-electron chi connectivity index (χ0n) is 13.3. The van der Waals surface area contributed by atoms with Crippen LogP contribution in [0.1, 0.15) is 53.9 Å². The zero-order valence-corrected chi connectivity index (χ0v) is 13.3. The molecule has 0 aromatic rings. The summed E-state index contributed by atoms with van der Waals surface area (Å²) in [5.41, 5.74) is 5.06. The van der Waals surface area contributed by atoms with E-state index in [0.29, 0.717) is 13.2 Å². The lowest BCUT2D eigenvalue weighted by Gasteiger charge is -2.45. The van der Waals surface area contributed by atoms with E-state index >= 15 is 0 Å². The fraction of sp³-hybridized carbons (Fsp3) is 0.933. The van der Waals surface area contributed by atoms with Crippen LogP contribution in [0.2, 0.25) is 0 Å². The number of carbonyl (C=O) groups is 1. The number of nitrogens with two attached hydrogens (primary N) is 1. The molecule has 3 N–H and O–H groups in total. The standard InChI is InChI=1S/C15H28N2O3/c1-12(2,3)20-11(18)17-15(8-9-19-10-15)14(6-7-14)13(4,5)16/h6-10,16H2,1-5H3,(H,17,18). The minimum absolute atomic E-state index is 0.0899. The van der Waals surface area contributed by atoms with Crippen LogP contribution in [0.5, 0.6) is 0 Å². The quantitative estimate of drug-likeness (QED) is 0.833. The van der Waals surface area contributed by atoms with Gasteiger partial charge in [-0.3, -0.25) is 0 Å². The van der Waals surface area contributed by atoms with Crippen molar-refractivity contribution in [2.24, 2.45) is 11.1 Å². The van der Waals surface area contributed by atoms with E-state index in [1.807, 2.05) is 34.6 Å². The number of carbonyl (C=O) groups excluding carboxylic acids is 1. The third-order valence-corrected chi connectivity index (χ3v) is 4.66. The number of hydrogen-bond acceptors (Lipinski definition) is 4. The number of amides is 1. The Balaban J connectivity index is 2.18. The van der Waals surface area contributed by atoms with E-state index in [1.165, 1.54) is 0 Å². The van der Waals surface area contributed by atoms with Gasteiger partial charge in [0.1, 0.15) is 5.60 Å². The van der Waals surface area contributed by atoms with Crippen LogP contribution in [-0.4, -0.2) is 36.0 Å². The molecule has 1 aliphatic heterocycles. The predicted octanol–water partition coefficient (Wildman–Crippen LogP) is 2.19. The molecule has 0 aromatic heterocycles. The minimum atomic E-state index is -0.500. The topological polar surface area (TPSA) is 73.6 Å². The maximum absolute atomic E-state index is 12.2. The summed E-state index contributed by atoms with van der Waals surface area (Å²) in [6, 6.07) is 0. The van der Waals surface area contributed by atoms with E-state index in [-0.39, 0.29) is 17.0 Å². The molecule has 2 fully saturated rings. The summed E-state index contributed by atoms with van der Waals surface area (Å²) in [5.74, 6) is 0. The molecular weight excluding hydrogens is 256 g/mol. The summed E-state index contributed by atoms with van der Waals surface area (Å²) in [7, 11) is 0. The lowest BCUT2D eigenvalue weighted by molar-refractivity contribution is 0.0280. The third-order valence-electron chi connectivity index (χ3n) is 4.66. The van der Waals surface area contributed by atoms with Crippen LogP contribution in [0.4, 0.5) is 4.79 Å². The fourth-order valence-corrected chi connectivity index (χ4v) is 3.52. The first-order chi connectivity index (χ1) is 9.02. The first-order valence-electron chi connectivity index (χ1n) is 7.39. The van der Waals surface area contributed by atoms with E-state index < -0.39 is 11.1 Å². The highest BCUT2D eigenvalue weighted by atomic mass is 16.6. The molecule has 0 bridgehead atoms. The minimum Gasteiger partial charge on any atom is -0.444 e. The van der Waals surface area contributed by atoms with Crippen molar-refractivity contribution in [1.29, 1.82) is 0 Å². The number of rotatable bonds is 3. The van der Waals surface area contributed by atoms with Crippen LogP contribution >= 0.6 is 0 Å². The smallest absolute Gasteiger partial charge is 0.408 e. The molecule has 5 nitrogen and oxygen atoms in total. The Morgan fingerprint density at radius 2 is 1.80 bits per heavy atom. The summed E-state index contributed by atoms with van der Waals surface area (Å²) in [5, 5.41) is 3.09. The van der Waals surface area contributed by atoms with Crippen LogP contribution < -0.4 is 11.1 Å². The van der Waals surface area contributed by atoms with E-state index in [2.05, 4.69) is 5.32 Å². The molecule has 0 radical (unpaired) electrons. The molecule has 20 heavy (non-hydrogen) atoms. The lowest BCUT2D eigenvalue weighted by atomic mass is 9.69. The Bertz CT molecular complexity index is 383. The second kappa shape index (κ2) is 4.60. The van der Waals surface area contributed by atoms with Crippen molar-refractivity contribution in [3.63, 3.8) is 0 Å². The van der Waals surface area contributed by atoms with Gasteiger partial charge in [-0.2, -0.15) is 0 Å². The maximum atomic E-state index is 12.2. The summed E-state index contributed by atoms with van der Waals surface area (Å²) in [6.07, 6.45) is 2.47. The monoisotopic (exact) mass is 284 g/mol. The molecule has 116 valence electrons. The Kier molecular flexibility index (Phi) is 3.58. The molecule has 1 unspecified atom stereocenters. The Morgan fingerprint density at radius 3 is 2.15 bits per heavy atom. The second-order valence-electron chi connectivity index (χ2n) is 7.82.